The van der Waals surface area contributed by atoms with E-state index in [1.165, 1.54) is 0 Å². The zero-order valence-electron chi connectivity index (χ0n) is 10.5. The molecule has 1 heterocycles. The fourth-order valence-electron chi connectivity index (χ4n) is 1.84. The van der Waals surface area contributed by atoms with Gasteiger partial charge in [0, 0.05) is 34.9 Å². The molecule has 0 fully saturated rings. The fourth-order valence-corrected chi connectivity index (χ4v) is 1.97. The number of rotatable bonds is 3. The van der Waals surface area contributed by atoms with Gasteiger partial charge in [-0.1, -0.05) is 23.7 Å². The maximum atomic E-state index is 5.85. The van der Waals surface area contributed by atoms with Crippen LogP contribution in [-0.4, -0.2) is 9.97 Å². The van der Waals surface area contributed by atoms with Crippen molar-refractivity contribution in [2.75, 3.05) is 0 Å². The Labute approximate surface area is 112 Å². The van der Waals surface area contributed by atoms with Gasteiger partial charge in [-0.15, -0.1) is 0 Å². The molecular weight excluding hydrogens is 246 g/mol. The molecule has 0 spiro atoms. The van der Waals surface area contributed by atoms with E-state index in [1.807, 2.05) is 44.3 Å². The van der Waals surface area contributed by atoms with E-state index in [2.05, 4.69) is 9.97 Å². The third-order valence-electron chi connectivity index (χ3n) is 2.83. The standard InChI is InChI=1S/C14H16ClN3/c1-9(16)13-8-17-14(18-10(13)2)7-11-3-5-12(15)6-4-11/h3-6,8-9H,7,16H2,1-2H3/t9-/m0/s1. The number of hydrogen-bond donors (Lipinski definition) is 1. The molecule has 0 radical (unpaired) electrons. The minimum absolute atomic E-state index is 0.0328. The van der Waals surface area contributed by atoms with Crippen molar-refractivity contribution in [2.45, 2.75) is 26.3 Å². The van der Waals surface area contributed by atoms with Crippen molar-refractivity contribution in [3.63, 3.8) is 0 Å². The molecule has 2 aromatic rings. The predicted molar refractivity (Wildman–Crippen MR) is 73.6 cm³/mol. The molecule has 1 aromatic carbocycles. The number of benzene rings is 1. The van der Waals surface area contributed by atoms with Crippen molar-refractivity contribution in [2.24, 2.45) is 5.73 Å². The van der Waals surface area contributed by atoms with Gasteiger partial charge in [0.25, 0.3) is 0 Å². The molecule has 1 atom stereocenters. The van der Waals surface area contributed by atoms with Gasteiger partial charge in [-0.25, -0.2) is 9.97 Å². The van der Waals surface area contributed by atoms with E-state index in [0.717, 1.165) is 27.7 Å². The third-order valence-corrected chi connectivity index (χ3v) is 3.09. The lowest BCUT2D eigenvalue weighted by Gasteiger charge is -2.09. The minimum Gasteiger partial charge on any atom is -0.324 e. The molecule has 2 rings (SSSR count). The maximum Gasteiger partial charge on any atom is 0.132 e. The lowest BCUT2D eigenvalue weighted by Crippen LogP contribution is -2.10. The Morgan fingerprint density at radius 2 is 1.94 bits per heavy atom. The number of aryl methyl sites for hydroxylation is 1. The van der Waals surface area contributed by atoms with Crippen LogP contribution < -0.4 is 5.73 Å². The molecule has 94 valence electrons. The Hall–Kier alpha value is -1.45. The molecule has 0 saturated heterocycles. The Morgan fingerprint density at radius 3 is 2.50 bits per heavy atom. The van der Waals surface area contributed by atoms with Crippen molar-refractivity contribution in [1.82, 2.24) is 9.97 Å². The first-order chi connectivity index (χ1) is 8.56. The van der Waals surface area contributed by atoms with Crippen LogP contribution in [0.4, 0.5) is 0 Å². The smallest absolute Gasteiger partial charge is 0.132 e. The van der Waals surface area contributed by atoms with Crippen LogP contribution in [0.1, 0.15) is 35.6 Å². The monoisotopic (exact) mass is 261 g/mol. The van der Waals surface area contributed by atoms with Crippen molar-refractivity contribution in [1.29, 1.82) is 0 Å². The summed E-state index contributed by atoms with van der Waals surface area (Å²) in [6, 6.07) is 7.69. The van der Waals surface area contributed by atoms with Crippen LogP contribution in [0, 0.1) is 6.92 Å². The highest BCUT2D eigenvalue weighted by molar-refractivity contribution is 6.30. The predicted octanol–water partition coefficient (Wildman–Crippen LogP) is 3.05. The van der Waals surface area contributed by atoms with Gasteiger partial charge in [0.1, 0.15) is 5.82 Å². The summed E-state index contributed by atoms with van der Waals surface area (Å²) < 4.78 is 0. The minimum atomic E-state index is -0.0328. The van der Waals surface area contributed by atoms with Crippen LogP contribution in [0.5, 0.6) is 0 Å². The van der Waals surface area contributed by atoms with Crippen LogP contribution in [0.2, 0.25) is 5.02 Å². The van der Waals surface area contributed by atoms with Gasteiger partial charge in [0.2, 0.25) is 0 Å². The number of nitrogens with two attached hydrogens (primary N) is 1. The lowest BCUT2D eigenvalue weighted by atomic mass is 10.1. The molecule has 0 saturated carbocycles. The molecule has 3 nitrogen and oxygen atoms in total. The highest BCUT2D eigenvalue weighted by Gasteiger charge is 2.07. The molecule has 0 aliphatic rings. The molecule has 2 N–H and O–H groups in total. The van der Waals surface area contributed by atoms with E-state index in [9.17, 15) is 0 Å². The molecule has 1 aromatic heterocycles. The molecule has 18 heavy (non-hydrogen) atoms. The first kappa shape index (κ1) is 13.0. The summed E-state index contributed by atoms with van der Waals surface area (Å²) in [5.41, 5.74) is 8.93. The highest BCUT2D eigenvalue weighted by atomic mass is 35.5. The van der Waals surface area contributed by atoms with E-state index >= 15 is 0 Å². The molecule has 4 heteroatoms. The third kappa shape index (κ3) is 3.06. The van der Waals surface area contributed by atoms with Gasteiger partial charge in [-0.05, 0) is 31.5 Å². The Bertz CT molecular complexity index is 535. The van der Waals surface area contributed by atoms with Gasteiger partial charge in [0.05, 0.1) is 0 Å². The second-order valence-corrected chi connectivity index (χ2v) is 4.86. The van der Waals surface area contributed by atoms with E-state index in [0.29, 0.717) is 6.42 Å². The van der Waals surface area contributed by atoms with Crippen molar-refractivity contribution < 1.29 is 0 Å². The van der Waals surface area contributed by atoms with Gasteiger partial charge in [-0.3, -0.25) is 0 Å². The average Bonchev–Trinajstić information content (AvgIpc) is 2.32. The second-order valence-electron chi connectivity index (χ2n) is 4.42. The lowest BCUT2D eigenvalue weighted by molar-refractivity contribution is 0.777. The Balaban J connectivity index is 2.20. The number of nitrogens with zero attached hydrogens (tertiary/aromatic N) is 2. The van der Waals surface area contributed by atoms with Crippen LogP contribution in [0.3, 0.4) is 0 Å². The average molecular weight is 262 g/mol. The van der Waals surface area contributed by atoms with Crippen molar-refractivity contribution in [3.05, 3.63) is 58.1 Å². The summed E-state index contributed by atoms with van der Waals surface area (Å²) >= 11 is 5.85. The first-order valence-electron chi connectivity index (χ1n) is 5.88. The summed E-state index contributed by atoms with van der Waals surface area (Å²) in [7, 11) is 0. The highest BCUT2D eigenvalue weighted by Crippen LogP contribution is 2.15. The zero-order valence-corrected chi connectivity index (χ0v) is 11.3. The number of hydrogen-bond acceptors (Lipinski definition) is 3. The largest absolute Gasteiger partial charge is 0.324 e. The molecule has 0 amide bonds. The van der Waals surface area contributed by atoms with Gasteiger partial charge >= 0.3 is 0 Å². The zero-order chi connectivity index (χ0) is 13.1. The van der Waals surface area contributed by atoms with Crippen LogP contribution in [-0.2, 0) is 6.42 Å². The van der Waals surface area contributed by atoms with Crippen LogP contribution in [0.15, 0.2) is 30.5 Å². The summed E-state index contributed by atoms with van der Waals surface area (Å²) in [4.78, 5) is 8.84. The first-order valence-corrected chi connectivity index (χ1v) is 6.26. The van der Waals surface area contributed by atoms with Gasteiger partial charge < -0.3 is 5.73 Å². The van der Waals surface area contributed by atoms with Crippen molar-refractivity contribution >= 4 is 11.6 Å². The Morgan fingerprint density at radius 1 is 1.28 bits per heavy atom. The summed E-state index contributed by atoms with van der Waals surface area (Å²) in [6.45, 7) is 3.90. The molecular formula is C14H16ClN3. The van der Waals surface area contributed by atoms with Gasteiger partial charge in [-0.2, -0.15) is 0 Å². The van der Waals surface area contributed by atoms with E-state index in [1.54, 1.807) is 0 Å². The number of halogens is 1. The summed E-state index contributed by atoms with van der Waals surface area (Å²) in [5.74, 6) is 0.805. The molecule has 0 unspecified atom stereocenters. The molecule has 0 bridgehead atoms. The normalized spacial score (nSPS) is 12.4. The molecule has 0 aliphatic carbocycles. The van der Waals surface area contributed by atoms with E-state index < -0.39 is 0 Å². The second kappa shape index (κ2) is 5.46. The Kier molecular flexibility index (Phi) is 3.94. The summed E-state index contributed by atoms with van der Waals surface area (Å²) in [6.07, 6.45) is 2.52. The fraction of sp³-hybridized carbons (Fsp3) is 0.286. The maximum absolute atomic E-state index is 5.85. The van der Waals surface area contributed by atoms with E-state index in [-0.39, 0.29) is 6.04 Å². The van der Waals surface area contributed by atoms with Crippen LogP contribution in [0.25, 0.3) is 0 Å². The topological polar surface area (TPSA) is 51.8 Å². The van der Waals surface area contributed by atoms with Crippen molar-refractivity contribution in [3.8, 4) is 0 Å². The van der Waals surface area contributed by atoms with E-state index in [4.69, 9.17) is 17.3 Å². The SMILES string of the molecule is Cc1nc(Cc2ccc(Cl)cc2)ncc1[C@H](C)N. The molecule has 0 aliphatic heterocycles. The quantitative estimate of drug-likeness (QED) is 0.924. The van der Waals surface area contributed by atoms with Gasteiger partial charge in [0.15, 0.2) is 0 Å². The van der Waals surface area contributed by atoms with Crippen LogP contribution >= 0.6 is 11.6 Å². The number of aromatic nitrogens is 2. The summed E-state index contributed by atoms with van der Waals surface area (Å²) in [5, 5.41) is 0.739.